The first-order valence-corrected chi connectivity index (χ1v) is 8.19. The highest BCUT2D eigenvalue weighted by Gasteiger charge is 2.25. The van der Waals surface area contributed by atoms with Crippen molar-refractivity contribution < 1.29 is 4.79 Å². The highest BCUT2D eigenvalue weighted by Crippen LogP contribution is 2.11. The fraction of sp³-hybridized carbons (Fsp3) is 0.412. The molecule has 0 bridgehead atoms. The van der Waals surface area contributed by atoms with Gasteiger partial charge in [-0.3, -0.25) is 9.69 Å². The van der Waals surface area contributed by atoms with Crippen molar-refractivity contribution in [1.82, 2.24) is 30.0 Å². The monoisotopic (exact) mass is 326 g/mol. The van der Waals surface area contributed by atoms with E-state index in [9.17, 15) is 4.79 Å². The lowest BCUT2D eigenvalue weighted by Crippen LogP contribution is -2.50. The lowest BCUT2D eigenvalue weighted by molar-refractivity contribution is -0.136. The van der Waals surface area contributed by atoms with E-state index in [1.54, 1.807) is 0 Å². The van der Waals surface area contributed by atoms with Crippen molar-refractivity contribution in [2.45, 2.75) is 13.0 Å². The molecule has 0 N–H and O–H groups in total. The molecule has 0 spiro atoms. The van der Waals surface area contributed by atoms with Crippen molar-refractivity contribution >= 4 is 12.0 Å². The van der Waals surface area contributed by atoms with Gasteiger partial charge in [0.1, 0.15) is 12.4 Å². The Kier molecular flexibility index (Phi) is 5.32. The first-order valence-electron chi connectivity index (χ1n) is 8.19. The number of aromatic nitrogens is 4. The van der Waals surface area contributed by atoms with Gasteiger partial charge in [-0.05, 0) is 22.9 Å². The van der Waals surface area contributed by atoms with Crippen LogP contribution in [0.25, 0.3) is 6.08 Å². The Morgan fingerprint density at radius 2 is 1.96 bits per heavy atom. The van der Waals surface area contributed by atoms with E-state index >= 15 is 0 Å². The predicted octanol–water partition coefficient (Wildman–Crippen LogP) is 1.09. The van der Waals surface area contributed by atoms with Crippen LogP contribution in [-0.2, 0) is 4.79 Å². The Hall–Kier alpha value is -2.54. The summed E-state index contributed by atoms with van der Waals surface area (Å²) >= 11 is 0. The molecule has 0 aliphatic carbocycles. The van der Waals surface area contributed by atoms with Crippen LogP contribution in [0.5, 0.6) is 0 Å². The van der Waals surface area contributed by atoms with Crippen molar-refractivity contribution in [1.29, 1.82) is 0 Å². The summed E-state index contributed by atoms with van der Waals surface area (Å²) in [6, 6.07) is 9.92. The minimum Gasteiger partial charge on any atom is -0.338 e. The maximum Gasteiger partial charge on any atom is 0.247 e. The van der Waals surface area contributed by atoms with Gasteiger partial charge in [0.2, 0.25) is 5.91 Å². The Morgan fingerprint density at radius 3 is 2.62 bits per heavy atom. The van der Waals surface area contributed by atoms with Crippen molar-refractivity contribution in [2.75, 3.05) is 32.7 Å². The van der Waals surface area contributed by atoms with Crippen molar-refractivity contribution in [2.24, 2.45) is 0 Å². The zero-order valence-electron chi connectivity index (χ0n) is 13.8. The Morgan fingerprint density at radius 1 is 1.21 bits per heavy atom. The van der Waals surface area contributed by atoms with Gasteiger partial charge < -0.3 is 4.90 Å². The lowest BCUT2D eigenvalue weighted by Gasteiger charge is -2.35. The molecule has 0 saturated carbocycles. The van der Waals surface area contributed by atoms with E-state index < -0.39 is 0 Å². The predicted molar refractivity (Wildman–Crippen MR) is 91.0 cm³/mol. The molecule has 1 amide bonds. The lowest BCUT2D eigenvalue weighted by atomic mass is 10.2. The minimum absolute atomic E-state index is 0.0711. The van der Waals surface area contributed by atoms with Gasteiger partial charge in [0.25, 0.3) is 0 Å². The molecule has 1 saturated heterocycles. The van der Waals surface area contributed by atoms with Gasteiger partial charge in [0.05, 0.1) is 0 Å². The first kappa shape index (κ1) is 16.3. The third-order valence-electron chi connectivity index (χ3n) is 4.28. The molecular weight excluding hydrogens is 304 g/mol. The molecule has 1 aromatic carbocycles. The molecule has 0 unspecified atom stereocenters. The number of carbonyl (C=O) groups excluding carboxylic acids is 1. The fourth-order valence-corrected chi connectivity index (χ4v) is 2.78. The number of amides is 1. The number of piperazine rings is 1. The van der Waals surface area contributed by atoms with E-state index in [0.717, 1.165) is 32.7 Å². The van der Waals surface area contributed by atoms with Gasteiger partial charge in [0, 0.05) is 32.7 Å². The van der Waals surface area contributed by atoms with Crippen LogP contribution >= 0.6 is 0 Å². The number of carbonyl (C=O) groups is 1. The quantitative estimate of drug-likeness (QED) is 0.823. The van der Waals surface area contributed by atoms with Gasteiger partial charge in [-0.2, -0.15) is 0 Å². The normalized spacial score (nSPS) is 17.3. The van der Waals surface area contributed by atoms with E-state index in [2.05, 4.69) is 44.7 Å². The summed E-state index contributed by atoms with van der Waals surface area (Å²) in [5, 5.41) is 11.0. The van der Waals surface area contributed by atoms with Crippen LogP contribution in [0.15, 0.2) is 42.7 Å². The number of hydrogen-bond donors (Lipinski definition) is 0. The number of tetrazole rings is 1. The Labute approximate surface area is 141 Å². The van der Waals surface area contributed by atoms with Crippen LogP contribution in [0.2, 0.25) is 0 Å². The number of nitrogens with zero attached hydrogens (tertiary/aromatic N) is 6. The van der Waals surface area contributed by atoms with Gasteiger partial charge in [-0.15, -0.1) is 5.10 Å². The Bertz CT molecular complexity index is 662. The van der Waals surface area contributed by atoms with Crippen LogP contribution in [0.4, 0.5) is 0 Å². The van der Waals surface area contributed by atoms with E-state index in [1.165, 1.54) is 16.6 Å². The molecule has 2 aromatic rings. The second kappa shape index (κ2) is 7.83. The molecule has 2 heterocycles. The first-order chi connectivity index (χ1) is 11.7. The van der Waals surface area contributed by atoms with E-state index in [4.69, 9.17) is 0 Å². The van der Waals surface area contributed by atoms with Crippen LogP contribution < -0.4 is 0 Å². The molecule has 1 aromatic heterocycles. The molecule has 7 nitrogen and oxygen atoms in total. The summed E-state index contributed by atoms with van der Waals surface area (Å²) in [6.07, 6.45) is 5.79. The van der Waals surface area contributed by atoms with Gasteiger partial charge in [-0.25, -0.2) is 4.68 Å². The molecule has 1 atom stereocenters. The summed E-state index contributed by atoms with van der Waals surface area (Å²) in [6.45, 7) is 5.97. The Balaban J connectivity index is 1.45. The van der Waals surface area contributed by atoms with Crippen molar-refractivity contribution in [3.8, 4) is 0 Å². The second-order valence-corrected chi connectivity index (χ2v) is 5.90. The van der Waals surface area contributed by atoms with Crippen LogP contribution in [0.3, 0.4) is 0 Å². The molecule has 7 heteroatoms. The second-order valence-electron chi connectivity index (χ2n) is 5.90. The van der Waals surface area contributed by atoms with Crippen molar-refractivity contribution in [3.05, 3.63) is 48.3 Å². The number of hydrogen-bond acceptors (Lipinski definition) is 5. The van der Waals surface area contributed by atoms with Crippen LogP contribution in [0.1, 0.15) is 18.5 Å². The molecule has 24 heavy (non-hydrogen) atoms. The smallest absolute Gasteiger partial charge is 0.247 e. The van der Waals surface area contributed by atoms with E-state index in [-0.39, 0.29) is 11.9 Å². The van der Waals surface area contributed by atoms with E-state index in [1.807, 2.05) is 30.0 Å². The highest BCUT2D eigenvalue weighted by molar-refractivity contribution is 5.80. The third kappa shape index (κ3) is 4.05. The highest BCUT2D eigenvalue weighted by atomic mass is 16.2. The largest absolute Gasteiger partial charge is 0.338 e. The molecule has 1 aliphatic rings. The molecule has 3 rings (SSSR count). The average molecular weight is 326 g/mol. The van der Waals surface area contributed by atoms with Crippen LogP contribution in [0, 0.1) is 0 Å². The fourth-order valence-electron chi connectivity index (χ4n) is 2.78. The van der Waals surface area contributed by atoms with E-state index in [0.29, 0.717) is 0 Å². The van der Waals surface area contributed by atoms with Gasteiger partial charge in [0.15, 0.2) is 0 Å². The van der Waals surface area contributed by atoms with Crippen molar-refractivity contribution in [3.63, 3.8) is 0 Å². The maximum absolute atomic E-state index is 12.5. The SMILES string of the molecule is C[C@@H](C(=O)N1CCN(C/C=C/c2ccccc2)CC1)n1cnnn1. The molecule has 1 fully saturated rings. The topological polar surface area (TPSA) is 67.2 Å². The maximum atomic E-state index is 12.5. The number of rotatable bonds is 5. The van der Waals surface area contributed by atoms with Crippen LogP contribution in [-0.4, -0.2) is 68.6 Å². The summed E-state index contributed by atoms with van der Waals surface area (Å²) < 4.78 is 1.50. The molecular formula is C17H22N6O. The zero-order chi connectivity index (χ0) is 16.8. The summed E-state index contributed by atoms with van der Waals surface area (Å²) in [5.74, 6) is 0.0711. The standard InChI is InChI=1S/C17H22N6O/c1-15(23-14-18-19-20-23)17(24)22-12-10-21(11-13-22)9-5-8-16-6-3-2-4-7-16/h2-8,14-15H,9-13H2,1H3/b8-5+/t15-/m0/s1. The zero-order valence-corrected chi connectivity index (χ0v) is 13.8. The average Bonchev–Trinajstić information content (AvgIpc) is 3.17. The third-order valence-corrected chi connectivity index (χ3v) is 4.28. The summed E-state index contributed by atoms with van der Waals surface area (Å²) in [5.41, 5.74) is 1.21. The van der Waals surface area contributed by atoms with Gasteiger partial charge in [-0.1, -0.05) is 42.5 Å². The minimum atomic E-state index is -0.357. The van der Waals surface area contributed by atoms with Gasteiger partial charge >= 0.3 is 0 Å². The number of benzene rings is 1. The summed E-state index contributed by atoms with van der Waals surface area (Å²) in [4.78, 5) is 16.7. The molecule has 126 valence electrons. The summed E-state index contributed by atoms with van der Waals surface area (Å²) in [7, 11) is 0. The molecule has 0 radical (unpaired) electrons. The molecule has 1 aliphatic heterocycles.